The normalized spacial score (nSPS) is 16.4. The summed E-state index contributed by atoms with van der Waals surface area (Å²) in [4.78, 5) is 0. The van der Waals surface area contributed by atoms with Gasteiger partial charge in [-0.2, -0.15) is 0 Å². The minimum absolute atomic E-state index is 0.330. The molecular formula is C13H18O3. The van der Waals surface area contributed by atoms with Crippen LogP contribution in [0.1, 0.15) is 30.6 Å². The summed E-state index contributed by atoms with van der Waals surface area (Å²) in [6, 6.07) is 5.94. The van der Waals surface area contributed by atoms with Crippen molar-refractivity contribution < 1.29 is 14.6 Å². The van der Waals surface area contributed by atoms with E-state index in [0.717, 1.165) is 30.8 Å². The molecule has 0 amide bonds. The van der Waals surface area contributed by atoms with Crippen molar-refractivity contribution in [2.24, 2.45) is 0 Å². The quantitative estimate of drug-likeness (QED) is 0.847. The highest BCUT2D eigenvalue weighted by molar-refractivity contribution is 5.43. The molecule has 1 aliphatic heterocycles. The molecule has 0 saturated carbocycles. The molecular weight excluding hydrogens is 204 g/mol. The fourth-order valence-electron chi connectivity index (χ4n) is 2.00. The van der Waals surface area contributed by atoms with Crippen molar-refractivity contribution in [2.75, 3.05) is 19.8 Å². The topological polar surface area (TPSA) is 38.7 Å². The van der Waals surface area contributed by atoms with Gasteiger partial charge in [0.2, 0.25) is 0 Å². The van der Waals surface area contributed by atoms with E-state index in [4.69, 9.17) is 9.47 Å². The summed E-state index contributed by atoms with van der Waals surface area (Å²) in [7, 11) is 0. The molecule has 3 heteroatoms. The van der Waals surface area contributed by atoms with E-state index in [9.17, 15) is 5.11 Å². The lowest BCUT2D eigenvalue weighted by Gasteiger charge is -2.22. The van der Waals surface area contributed by atoms with Crippen molar-refractivity contribution in [2.45, 2.75) is 25.9 Å². The van der Waals surface area contributed by atoms with Gasteiger partial charge in [-0.3, -0.25) is 0 Å². The molecule has 1 aromatic carbocycles. The molecule has 1 aliphatic rings. The molecule has 0 bridgehead atoms. The summed E-state index contributed by atoms with van der Waals surface area (Å²) in [5.74, 6) is 0.862. The first-order valence-corrected chi connectivity index (χ1v) is 5.83. The Morgan fingerprint density at radius 1 is 1.50 bits per heavy atom. The number of hydrogen-bond acceptors (Lipinski definition) is 3. The lowest BCUT2D eigenvalue weighted by atomic mass is 9.99. The molecule has 3 nitrogen and oxygen atoms in total. The Morgan fingerprint density at radius 2 is 2.38 bits per heavy atom. The fraction of sp³-hybridized carbons (Fsp3) is 0.538. The molecule has 0 spiro atoms. The van der Waals surface area contributed by atoms with Gasteiger partial charge in [0.05, 0.1) is 13.2 Å². The van der Waals surface area contributed by atoms with Crippen LogP contribution in [0.15, 0.2) is 18.2 Å². The highest BCUT2D eigenvalue weighted by Crippen LogP contribution is 2.32. The maximum absolute atomic E-state index is 10.0. The van der Waals surface area contributed by atoms with Crippen LogP contribution in [0, 0.1) is 0 Å². The minimum Gasteiger partial charge on any atom is -0.493 e. The monoisotopic (exact) mass is 222 g/mol. The van der Waals surface area contributed by atoms with Gasteiger partial charge in [-0.1, -0.05) is 18.2 Å². The fourth-order valence-corrected chi connectivity index (χ4v) is 2.00. The lowest BCUT2D eigenvalue weighted by molar-refractivity contribution is 0.0401. The van der Waals surface area contributed by atoms with E-state index < -0.39 is 6.10 Å². The van der Waals surface area contributed by atoms with Crippen molar-refractivity contribution in [3.63, 3.8) is 0 Å². The van der Waals surface area contributed by atoms with Crippen molar-refractivity contribution >= 4 is 0 Å². The Labute approximate surface area is 96.0 Å². The molecule has 0 saturated heterocycles. The molecule has 0 fully saturated rings. The second-order valence-corrected chi connectivity index (χ2v) is 3.96. The molecule has 1 aromatic rings. The van der Waals surface area contributed by atoms with Crippen LogP contribution in [0.3, 0.4) is 0 Å². The number of ether oxygens (including phenoxy) is 2. The summed E-state index contributed by atoms with van der Waals surface area (Å²) in [6.07, 6.45) is 1.50. The molecule has 2 rings (SSSR count). The van der Waals surface area contributed by atoms with Gasteiger partial charge < -0.3 is 14.6 Å². The van der Waals surface area contributed by atoms with Crippen LogP contribution in [0.25, 0.3) is 0 Å². The SMILES string of the molecule is CCOCC(O)c1cccc2c1OCCC2. The van der Waals surface area contributed by atoms with Gasteiger partial charge in [-0.15, -0.1) is 0 Å². The average molecular weight is 222 g/mol. The Kier molecular flexibility index (Phi) is 3.80. The zero-order chi connectivity index (χ0) is 11.4. The van der Waals surface area contributed by atoms with Crippen LogP contribution in [0.5, 0.6) is 5.75 Å². The first-order valence-electron chi connectivity index (χ1n) is 5.83. The maximum atomic E-state index is 10.0. The highest BCUT2D eigenvalue weighted by atomic mass is 16.5. The number of para-hydroxylation sites is 1. The Morgan fingerprint density at radius 3 is 3.19 bits per heavy atom. The summed E-state index contributed by atoms with van der Waals surface area (Å²) in [5.41, 5.74) is 2.05. The predicted molar refractivity (Wildman–Crippen MR) is 61.7 cm³/mol. The molecule has 0 aromatic heterocycles. The molecule has 0 aliphatic carbocycles. The van der Waals surface area contributed by atoms with Crippen LogP contribution in [-0.4, -0.2) is 24.9 Å². The van der Waals surface area contributed by atoms with E-state index in [1.165, 1.54) is 5.56 Å². The predicted octanol–water partition coefficient (Wildman–Crippen LogP) is 2.08. The van der Waals surface area contributed by atoms with E-state index >= 15 is 0 Å². The van der Waals surface area contributed by atoms with E-state index in [2.05, 4.69) is 6.07 Å². The van der Waals surface area contributed by atoms with Gasteiger partial charge in [-0.25, -0.2) is 0 Å². The second kappa shape index (κ2) is 5.32. The van der Waals surface area contributed by atoms with Gasteiger partial charge in [0.15, 0.2) is 0 Å². The van der Waals surface area contributed by atoms with E-state index in [1.54, 1.807) is 0 Å². The van der Waals surface area contributed by atoms with Gasteiger partial charge in [0.1, 0.15) is 11.9 Å². The Bertz CT molecular complexity index is 349. The molecule has 1 unspecified atom stereocenters. The first kappa shape index (κ1) is 11.4. The largest absolute Gasteiger partial charge is 0.493 e. The van der Waals surface area contributed by atoms with Gasteiger partial charge in [-0.05, 0) is 25.3 Å². The number of benzene rings is 1. The van der Waals surface area contributed by atoms with E-state index in [-0.39, 0.29) is 0 Å². The summed E-state index contributed by atoms with van der Waals surface area (Å²) in [6.45, 7) is 3.61. The number of aliphatic hydroxyl groups is 1. The number of rotatable bonds is 4. The van der Waals surface area contributed by atoms with Crippen LogP contribution < -0.4 is 4.74 Å². The first-order chi connectivity index (χ1) is 7.83. The van der Waals surface area contributed by atoms with Crippen LogP contribution in [0.2, 0.25) is 0 Å². The van der Waals surface area contributed by atoms with Crippen molar-refractivity contribution in [1.82, 2.24) is 0 Å². The van der Waals surface area contributed by atoms with Crippen LogP contribution in [-0.2, 0) is 11.2 Å². The van der Waals surface area contributed by atoms with Gasteiger partial charge in [0.25, 0.3) is 0 Å². The number of aryl methyl sites for hydroxylation is 1. The molecule has 1 atom stereocenters. The highest BCUT2D eigenvalue weighted by Gasteiger charge is 2.19. The van der Waals surface area contributed by atoms with Crippen LogP contribution >= 0.6 is 0 Å². The number of aliphatic hydroxyl groups excluding tert-OH is 1. The van der Waals surface area contributed by atoms with Crippen molar-refractivity contribution in [3.05, 3.63) is 29.3 Å². The van der Waals surface area contributed by atoms with Crippen molar-refractivity contribution in [1.29, 1.82) is 0 Å². The zero-order valence-electron chi connectivity index (χ0n) is 9.61. The summed E-state index contributed by atoms with van der Waals surface area (Å²) >= 11 is 0. The molecule has 88 valence electrons. The smallest absolute Gasteiger partial charge is 0.128 e. The average Bonchev–Trinajstić information content (AvgIpc) is 2.35. The van der Waals surface area contributed by atoms with E-state index in [1.807, 2.05) is 19.1 Å². The van der Waals surface area contributed by atoms with Gasteiger partial charge >= 0.3 is 0 Å². The zero-order valence-corrected chi connectivity index (χ0v) is 9.61. The molecule has 16 heavy (non-hydrogen) atoms. The lowest BCUT2D eigenvalue weighted by Crippen LogP contribution is -2.14. The standard InChI is InChI=1S/C13H18O3/c1-2-15-9-12(14)11-7-3-5-10-6-4-8-16-13(10)11/h3,5,7,12,14H,2,4,6,8-9H2,1H3. The minimum atomic E-state index is -0.590. The Hall–Kier alpha value is -1.06. The second-order valence-electron chi connectivity index (χ2n) is 3.96. The maximum Gasteiger partial charge on any atom is 0.128 e. The molecule has 0 radical (unpaired) electrons. The third-order valence-electron chi connectivity index (χ3n) is 2.80. The third kappa shape index (κ3) is 2.36. The third-order valence-corrected chi connectivity index (χ3v) is 2.80. The molecule has 1 N–H and O–H groups in total. The summed E-state index contributed by atoms with van der Waals surface area (Å²) < 4.78 is 10.9. The van der Waals surface area contributed by atoms with Gasteiger partial charge in [0, 0.05) is 12.2 Å². The van der Waals surface area contributed by atoms with Crippen molar-refractivity contribution in [3.8, 4) is 5.75 Å². The number of hydrogen-bond donors (Lipinski definition) is 1. The van der Waals surface area contributed by atoms with Crippen LogP contribution in [0.4, 0.5) is 0 Å². The summed E-state index contributed by atoms with van der Waals surface area (Å²) in [5, 5.41) is 10.0. The number of fused-ring (bicyclic) bond motifs is 1. The van der Waals surface area contributed by atoms with E-state index in [0.29, 0.717) is 13.2 Å². The Balaban J connectivity index is 2.19. The molecule has 1 heterocycles.